The summed E-state index contributed by atoms with van der Waals surface area (Å²) in [5.74, 6) is -2.93. The highest BCUT2D eigenvalue weighted by atomic mass is 19.4. The third-order valence-corrected chi connectivity index (χ3v) is 2.75. The number of alkyl halides is 3. The first-order valence-electron chi connectivity index (χ1n) is 4.97. The van der Waals surface area contributed by atoms with Gasteiger partial charge in [-0.15, -0.1) is 0 Å². The molecule has 1 aliphatic rings. The highest BCUT2D eigenvalue weighted by molar-refractivity contribution is 5.94. The van der Waals surface area contributed by atoms with Crippen LogP contribution in [-0.4, -0.2) is 18.1 Å². The summed E-state index contributed by atoms with van der Waals surface area (Å²) in [4.78, 5) is 21.7. The van der Waals surface area contributed by atoms with Gasteiger partial charge in [-0.1, -0.05) is 6.42 Å². The number of carbonyl (C=O) groups excluding carboxylic acids is 2. The van der Waals surface area contributed by atoms with Crippen LogP contribution in [0.5, 0.6) is 0 Å². The number of nitrogens with one attached hydrogen (secondary N) is 1. The van der Waals surface area contributed by atoms with Crippen LogP contribution in [0.25, 0.3) is 0 Å². The quantitative estimate of drug-likeness (QED) is 0.727. The van der Waals surface area contributed by atoms with Crippen LogP contribution in [0, 0.1) is 11.8 Å². The largest absolute Gasteiger partial charge is 0.391 e. The number of imide groups is 1. The number of halogens is 3. The van der Waals surface area contributed by atoms with E-state index in [0.29, 0.717) is 12.8 Å². The van der Waals surface area contributed by atoms with Crippen LogP contribution in [0.1, 0.15) is 25.7 Å². The number of carbonyl (C=O) groups is 2. The minimum absolute atomic E-state index is 0.0455. The summed E-state index contributed by atoms with van der Waals surface area (Å²) in [5.41, 5.74) is 4.73. The van der Waals surface area contributed by atoms with Crippen LogP contribution in [0.3, 0.4) is 0 Å². The lowest BCUT2D eigenvalue weighted by atomic mass is 9.80. The first-order valence-corrected chi connectivity index (χ1v) is 4.97. The smallest absolute Gasteiger partial charge is 0.351 e. The van der Waals surface area contributed by atoms with Crippen LogP contribution in [0.15, 0.2) is 0 Å². The molecule has 0 saturated heterocycles. The standard InChI is InChI=1S/C9H13F3N2O2/c10-9(11,12)6-3-1-2-5(4-6)7(15)14-8(13)16/h5-6H,1-4H2,(H3,13,14,15,16). The molecule has 92 valence electrons. The molecule has 3 amide bonds. The maximum Gasteiger partial charge on any atom is 0.391 e. The molecule has 1 aliphatic carbocycles. The van der Waals surface area contributed by atoms with Crippen molar-refractivity contribution in [3.63, 3.8) is 0 Å². The molecule has 0 bridgehead atoms. The van der Waals surface area contributed by atoms with Crippen molar-refractivity contribution in [3.8, 4) is 0 Å². The van der Waals surface area contributed by atoms with Gasteiger partial charge in [0.25, 0.3) is 0 Å². The average Bonchev–Trinajstić information content (AvgIpc) is 2.15. The molecular formula is C9H13F3N2O2. The van der Waals surface area contributed by atoms with E-state index in [4.69, 9.17) is 5.73 Å². The van der Waals surface area contributed by atoms with Gasteiger partial charge >= 0.3 is 12.2 Å². The molecule has 1 rings (SSSR count). The Morgan fingerprint density at radius 3 is 2.38 bits per heavy atom. The van der Waals surface area contributed by atoms with Gasteiger partial charge in [-0.2, -0.15) is 13.2 Å². The van der Waals surface area contributed by atoms with E-state index in [-0.39, 0.29) is 12.8 Å². The summed E-state index contributed by atoms with van der Waals surface area (Å²) in [6, 6.07) is -1.03. The van der Waals surface area contributed by atoms with Gasteiger partial charge in [-0.3, -0.25) is 10.1 Å². The molecule has 4 nitrogen and oxygen atoms in total. The predicted octanol–water partition coefficient (Wildman–Crippen LogP) is 1.55. The third kappa shape index (κ3) is 3.39. The van der Waals surface area contributed by atoms with E-state index in [1.807, 2.05) is 5.32 Å². The van der Waals surface area contributed by atoms with Gasteiger partial charge in [-0.25, -0.2) is 4.79 Å². The lowest BCUT2D eigenvalue weighted by Crippen LogP contribution is -2.42. The molecule has 1 saturated carbocycles. The molecule has 2 atom stereocenters. The zero-order chi connectivity index (χ0) is 12.3. The highest BCUT2D eigenvalue weighted by Gasteiger charge is 2.43. The van der Waals surface area contributed by atoms with Gasteiger partial charge in [0, 0.05) is 5.92 Å². The van der Waals surface area contributed by atoms with E-state index in [1.165, 1.54) is 0 Å². The molecule has 1 fully saturated rings. The molecule has 7 heteroatoms. The number of rotatable bonds is 1. The van der Waals surface area contributed by atoms with E-state index < -0.39 is 30.0 Å². The first-order chi connectivity index (χ1) is 7.30. The summed E-state index contributed by atoms with van der Waals surface area (Å²) in [6.07, 6.45) is -3.79. The Morgan fingerprint density at radius 2 is 1.88 bits per heavy atom. The maximum atomic E-state index is 12.4. The number of urea groups is 1. The molecular weight excluding hydrogens is 225 g/mol. The Labute approximate surface area is 90.4 Å². The van der Waals surface area contributed by atoms with Crippen molar-refractivity contribution < 1.29 is 22.8 Å². The third-order valence-electron chi connectivity index (χ3n) is 2.75. The molecule has 3 N–H and O–H groups in total. The van der Waals surface area contributed by atoms with E-state index in [0.717, 1.165) is 0 Å². The van der Waals surface area contributed by atoms with Crippen molar-refractivity contribution in [1.29, 1.82) is 0 Å². The van der Waals surface area contributed by atoms with Crippen molar-refractivity contribution in [1.82, 2.24) is 5.32 Å². The van der Waals surface area contributed by atoms with E-state index in [2.05, 4.69) is 0 Å². The molecule has 0 aliphatic heterocycles. The molecule has 2 unspecified atom stereocenters. The van der Waals surface area contributed by atoms with Crippen molar-refractivity contribution in [2.75, 3.05) is 0 Å². The van der Waals surface area contributed by atoms with Crippen LogP contribution in [0.4, 0.5) is 18.0 Å². The topological polar surface area (TPSA) is 72.2 Å². The molecule has 0 heterocycles. The predicted molar refractivity (Wildman–Crippen MR) is 49.2 cm³/mol. The molecule has 0 aromatic heterocycles. The van der Waals surface area contributed by atoms with Crippen molar-refractivity contribution in [3.05, 3.63) is 0 Å². The molecule has 0 spiro atoms. The summed E-state index contributed by atoms with van der Waals surface area (Å²) >= 11 is 0. The lowest BCUT2D eigenvalue weighted by molar-refractivity contribution is -0.186. The molecule has 0 radical (unpaired) electrons. The van der Waals surface area contributed by atoms with E-state index in [9.17, 15) is 22.8 Å². The van der Waals surface area contributed by atoms with E-state index >= 15 is 0 Å². The number of nitrogens with two attached hydrogens (primary N) is 1. The van der Waals surface area contributed by atoms with Crippen LogP contribution in [0.2, 0.25) is 0 Å². The highest BCUT2D eigenvalue weighted by Crippen LogP contribution is 2.39. The van der Waals surface area contributed by atoms with Crippen LogP contribution in [-0.2, 0) is 4.79 Å². The fraction of sp³-hybridized carbons (Fsp3) is 0.778. The lowest BCUT2D eigenvalue weighted by Gasteiger charge is -2.29. The maximum absolute atomic E-state index is 12.4. The molecule has 0 aromatic carbocycles. The van der Waals surface area contributed by atoms with Crippen molar-refractivity contribution >= 4 is 11.9 Å². The Morgan fingerprint density at radius 1 is 1.25 bits per heavy atom. The zero-order valence-electron chi connectivity index (χ0n) is 8.51. The average molecular weight is 238 g/mol. The van der Waals surface area contributed by atoms with Gasteiger partial charge in [0.2, 0.25) is 5.91 Å². The fourth-order valence-electron chi connectivity index (χ4n) is 1.95. The minimum Gasteiger partial charge on any atom is -0.351 e. The summed E-state index contributed by atoms with van der Waals surface area (Å²) < 4.78 is 37.3. The summed E-state index contributed by atoms with van der Waals surface area (Å²) in [7, 11) is 0. The van der Waals surface area contributed by atoms with Crippen molar-refractivity contribution in [2.24, 2.45) is 17.6 Å². The van der Waals surface area contributed by atoms with Crippen molar-refractivity contribution in [2.45, 2.75) is 31.9 Å². The SMILES string of the molecule is NC(=O)NC(=O)C1CCCC(C(F)(F)F)C1. The van der Waals surface area contributed by atoms with Gasteiger partial charge in [-0.05, 0) is 19.3 Å². The Kier molecular flexibility index (Phi) is 3.77. The Hall–Kier alpha value is -1.27. The monoisotopic (exact) mass is 238 g/mol. The first kappa shape index (κ1) is 12.8. The van der Waals surface area contributed by atoms with Gasteiger partial charge in [0.05, 0.1) is 5.92 Å². The Bertz CT molecular complexity index is 291. The van der Waals surface area contributed by atoms with Gasteiger partial charge in [0.15, 0.2) is 0 Å². The summed E-state index contributed by atoms with van der Waals surface area (Å²) in [6.45, 7) is 0. The minimum atomic E-state index is -4.27. The van der Waals surface area contributed by atoms with E-state index in [1.54, 1.807) is 0 Å². The summed E-state index contributed by atoms with van der Waals surface area (Å²) in [5, 5.41) is 1.82. The number of hydrogen-bond acceptors (Lipinski definition) is 2. The molecule has 0 aromatic rings. The normalized spacial score (nSPS) is 26.2. The van der Waals surface area contributed by atoms with Crippen LogP contribution < -0.4 is 11.1 Å². The number of amides is 3. The fourth-order valence-corrected chi connectivity index (χ4v) is 1.95. The second kappa shape index (κ2) is 4.71. The van der Waals surface area contributed by atoms with Crippen LogP contribution >= 0.6 is 0 Å². The second-order valence-corrected chi connectivity index (χ2v) is 3.96. The zero-order valence-corrected chi connectivity index (χ0v) is 8.51. The second-order valence-electron chi connectivity index (χ2n) is 3.96. The number of hydrogen-bond donors (Lipinski definition) is 2. The van der Waals surface area contributed by atoms with Gasteiger partial charge in [0.1, 0.15) is 0 Å². The molecule has 16 heavy (non-hydrogen) atoms. The number of primary amides is 1. The van der Waals surface area contributed by atoms with Gasteiger partial charge < -0.3 is 5.73 Å². The Balaban J connectivity index is 2.57.